The Morgan fingerprint density at radius 2 is 2.29 bits per heavy atom. The molecule has 2 rings (SSSR count). The summed E-state index contributed by atoms with van der Waals surface area (Å²) < 4.78 is 0.972. The fourth-order valence-corrected chi connectivity index (χ4v) is 1.50. The zero-order valence-electron chi connectivity index (χ0n) is 7.06. The molecule has 0 N–H and O–H groups in total. The summed E-state index contributed by atoms with van der Waals surface area (Å²) in [5.74, 6) is 0.792. The molecule has 0 radical (unpaired) electrons. The Labute approximate surface area is 94.0 Å². The molecule has 0 spiro atoms. The van der Waals surface area contributed by atoms with Crippen molar-refractivity contribution < 1.29 is 0 Å². The van der Waals surface area contributed by atoms with Crippen LogP contribution in [0.25, 0.3) is 5.69 Å². The molecular weight excluding hydrogens is 267 g/mol. The Bertz CT molecular complexity index is 442. The third-order valence-corrected chi connectivity index (χ3v) is 2.35. The highest BCUT2D eigenvalue weighted by atomic mass is 79.9. The first-order valence-corrected chi connectivity index (χ1v) is 5.23. The first-order chi connectivity index (χ1) is 6.79. The van der Waals surface area contributed by atoms with Crippen LogP contribution in [0.3, 0.4) is 0 Å². The molecule has 1 aromatic heterocycles. The van der Waals surface area contributed by atoms with Gasteiger partial charge in [0, 0.05) is 4.47 Å². The van der Waals surface area contributed by atoms with Gasteiger partial charge in [0.05, 0.1) is 11.6 Å². The number of hydrogen-bond acceptors (Lipinski definition) is 3. The van der Waals surface area contributed by atoms with Crippen molar-refractivity contribution >= 4 is 27.5 Å². The van der Waals surface area contributed by atoms with Gasteiger partial charge in [0.2, 0.25) is 0 Å². The first kappa shape index (κ1) is 9.61. The number of benzene rings is 1. The van der Waals surface area contributed by atoms with Crippen molar-refractivity contribution in [3.8, 4) is 5.69 Å². The molecule has 0 aliphatic heterocycles. The second-order valence-electron chi connectivity index (χ2n) is 2.61. The van der Waals surface area contributed by atoms with Gasteiger partial charge in [-0.25, -0.2) is 0 Å². The van der Waals surface area contributed by atoms with Gasteiger partial charge in [0.25, 0.3) is 0 Å². The molecule has 0 saturated carbocycles. The summed E-state index contributed by atoms with van der Waals surface area (Å²) in [5, 5.41) is 11.7. The highest BCUT2D eigenvalue weighted by molar-refractivity contribution is 9.10. The van der Waals surface area contributed by atoms with E-state index in [9.17, 15) is 0 Å². The molecule has 1 heterocycles. The van der Waals surface area contributed by atoms with Gasteiger partial charge in [-0.05, 0) is 23.4 Å². The van der Waals surface area contributed by atoms with Crippen molar-refractivity contribution in [1.29, 1.82) is 0 Å². The van der Waals surface area contributed by atoms with Crippen molar-refractivity contribution in [2.24, 2.45) is 0 Å². The van der Waals surface area contributed by atoms with E-state index in [1.54, 1.807) is 0 Å². The molecule has 14 heavy (non-hydrogen) atoms. The quantitative estimate of drug-likeness (QED) is 0.788. The fraction of sp³-hybridized carbons (Fsp3) is 0.125. The van der Waals surface area contributed by atoms with E-state index in [0.717, 1.165) is 10.2 Å². The van der Waals surface area contributed by atoms with Crippen molar-refractivity contribution in [2.75, 3.05) is 0 Å². The minimum atomic E-state index is 0.272. The van der Waals surface area contributed by atoms with Gasteiger partial charge in [0.15, 0.2) is 5.82 Å². The van der Waals surface area contributed by atoms with Gasteiger partial charge >= 0.3 is 0 Å². The van der Waals surface area contributed by atoms with Crippen LogP contribution in [0.4, 0.5) is 0 Å². The fourth-order valence-electron chi connectivity index (χ4n) is 1.01. The van der Waals surface area contributed by atoms with E-state index in [2.05, 4.69) is 31.3 Å². The monoisotopic (exact) mass is 272 g/mol. The predicted molar refractivity (Wildman–Crippen MR) is 56.4 cm³/mol. The second-order valence-corrected chi connectivity index (χ2v) is 3.79. The van der Waals surface area contributed by atoms with Crippen molar-refractivity contribution in [3.63, 3.8) is 0 Å². The van der Waals surface area contributed by atoms with Gasteiger partial charge in [-0.2, -0.15) is 0 Å². The van der Waals surface area contributed by atoms with E-state index in [-0.39, 0.29) is 5.88 Å². The molecule has 0 fully saturated rings. The van der Waals surface area contributed by atoms with Crippen LogP contribution in [0.5, 0.6) is 0 Å². The summed E-state index contributed by atoms with van der Waals surface area (Å²) in [6.45, 7) is 0. The summed E-state index contributed by atoms with van der Waals surface area (Å²) in [7, 11) is 0. The van der Waals surface area contributed by atoms with Crippen molar-refractivity contribution in [3.05, 3.63) is 34.6 Å². The van der Waals surface area contributed by atoms with E-state index in [1.807, 2.05) is 24.3 Å². The zero-order chi connectivity index (χ0) is 9.97. The molecule has 2 aromatic rings. The molecular formula is C8H6BrClN4. The lowest BCUT2D eigenvalue weighted by atomic mass is 10.3. The van der Waals surface area contributed by atoms with Gasteiger partial charge in [0.1, 0.15) is 0 Å². The highest BCUT2D eigenvalue weighted by Crippen LogP contribution is 2.13. The molecule has 0 aliphatic carbocycles. The maximum Gasteiger partial charge on any atom is 0.189 e. The number of halogens is 2. The molecule has 0 amide bonds. The van der Waals surface area contributed by atoms with Gasteiger partial charge in [-0.3, -0.25) is 0 Å². The number of tetrazole rings is 1. The van der Waals surface area contributed by atoms with Crippen LogP contribution in [-0.2, 0) is 5.88 Å². The second kappa shape index (κ2) is 4.06. The van der Waals surface area contributed by atoms with Crippen molar-refractivity contribution in [2.45, 2.75) is 5.88 Å². The molecule has 0 saturated heterocycles. The van der Waals surface area contributed by atoms with Crippen LogP contribution in [-0.4, -0.2) is 20.2 Å². The first-order valence-electron chi connectivity index (χ1n) is 3.90. The Kier molecular flexibility index (Phi) is 2.79. The molecule has 0 unspecified atom stereocenters. The molecule has 0 aliphatic rings. The molecule has 0 atom stereocenters. The number of rotatable bonds is 2. The van der Waals surface area contributed by atoms with Crippen LogP contribution in [0, 0.1) is 0 Å². The average molecular weight is 274 g/mol. The summed E-state index contributed by atoms with van der Waals surface area (Å²) >= 11 is 8.94. The SMILES string of the molecule is ClCc1nnn(-c2cccc(Br)c2)n1. The smallest absolute Gasteiger partial charge is 0.131 e. The summed E-state index contributed by atoms with van der Waals surface area (Å²) in [6.07, 6.45) is 0. The number of alkyl halides is 1. The summed E-state index contributed by atoms with van der Waals surface area (Å²) in [4.78, 5) is 1.45. The third kappa shape index (κ3) is 1.93. The average Bonchev–Trinajstić information content (AvgIpc) is 2.66. The van der Waals surface area contributed by atoms with Crippen LogP contribution >= 0.6 is 27.5 Å². The lowest BCUT2D eigenvalue weighted by molar-refractivity contribution is 0.718. The number of aromatic nitrogens is 4. The third-order valence-electron chi connectivity index (χ3n) is 1.61. The molecule has 72 valence electrons. The molecule has 1 aromatic carbocycles. The Hall–Kier alpha value is -0.940. The van der Waals surface area contributed by atoms with Crippen LogP contribution < -0.4 is 0 Å². The lowest BCUT2D eigenvalue weighted by Crippen LogP contribution is -1.98. The summed E-state index contributed by atoms with van der Waals surface area (Å²) in [6, 6.07) is 7.64. The predicted octanol–water partition coefficient (Wildman–Crippen LogP) is 2.16. The largest absolute Gasteiger partial charge is 0.189 e. The van der Waals surface area contributed by atoms with E-state index < -0.39 is 0 Å². The molecule has 0 bridgehead atoms. The molecule has 4 nitrogen and oxygen atoms in total. The normalized spacial score (nSPS) is 10.4. The maximum absolute atomic E-state index is 5.57. The van der Waals surface area contributed by atoms with Crippen molar-refractivity contribution in [1.82, 2.24) is 20.2 Å². The van der Waals surface area contributed by atoms with E-state index in [4.69, 9.17) is 11.6 Å². The Balaban J connectivity index is 2.39. The highest BCUT2D eigenvalue weighted by Gasteiger charge is 2.03. The van der Waals surface area contributed by atoms with E-state index >= 15 is 0 Å². The van der Waals surface area contributed by atoms with Crippen LogP contribution in [0.1, 0.15) is 5.82 Å². The van der Waals surface area contributed by atoms with Gasteiger partial charge in [-0.15, -0.1) is 26.6 Å². The number of hydrogen-bond donors (Lipinski definition) is 0. The standard InChI is InChI=1S/C8H6BrClN4/c9-6-2-1-3-7(4-6)14-12-8(5-10)11-13-14/h1-4H,5H2. The zero-order valence-corrected chi connectivity index (χ0v) is 9.40. The molecule has 6 heteroatoms. The van der Waals surface area contributed by atoms with E-state index in [1.165, 1.54) is 4.80 Å². The van der Waals surface area contributed by atoms with Gasteiger partial charge < -0.3 is 0 Å². The van der Waals surface area contributed by atoms with Crippen LogP contribution in [0.15, 0.2) is 28.7 Å². The minimum absolute atomic E-state index is 0.272. The summed E-state index contributed by atoms with van der Waals surface area (Å²) in [5.41, 5.74) is 0.850. The van der Waals surface area contributed by atoms with E-state index in [0.29, 0.717) is 5.82 Å². The Morgan fingerprint density at radius 3 is 2.93 bits per heavy atom. The maximum atomic E-state index is 5.57. The topological polar surface area (TPSA) is 43.6 Å². The number of nitrogens with zero attached hydrogens (tertiary/aromatic N) is 4. The Morgan fingerprint density at radius 1 is 1.43 bits per heavy atom. The van der Waals surface area contributed by atoms with Gasteiger partial charge in [-0.1, -0.05) is 22.0 Å². The lowest BCUT2D eigenvalue weighted by Gasteiger charge is -1.97. The van der Waals surface area contributed by atoms with Crippen LogP contribution in [0.2, 0.25) is 0 Å². The minimum Gasteiger partial charge on any atom is -0.131 e.